The average Bonchev–Trinajstić information content (AvgIpc) is 3.08. The summed E-state index contributed by atoms with van der Waals surface area (Å²) in [6, 6.07) is 1.59. The van der Waals surface area contributed by atoms with Crippen molar-refractivity contribution in [3.63, 3.8) is 0 Å². The van der Waals surface area contributed by atoms with Crippen molar-refractivity contribution in [2.75, 3.05) is 0 Å². The number of fused-ring (bicyclic) bond motifs is 1. The van der Waals surface area contributed by atoms with Gasteiger partial charge in [0.2, 0.25) is 0 Å². The maximum absolute atomic E-state index is 14.1. The molecule has 2 aromatic rings. The number of halogens is 3. The van der Waals surface area contributed by atoms with E-state index in [4.69, 9.17) is 5.73 Å². The highest BCUT2D eigenvalue weighted by molar-refractivity contribution is 5.26. The van der Waals surface area contributed by atoms with E-state index in [1.54, 1.807) is 0 Å². The van der Waals surface area contributed by atoms with E-state index in [-0.39, 0.29) is 17.5 Å². The fourth-order valence-electron chi connectivity index (χ4n) is 4.28. The van der Waals surface area contributed by atoms with E-state index < -0.39 is 17.5 Å². The third-order valence-electron chi connectivity index (χ3n) is 5.52. The molecule has 1 aliphatic carbocycles. The molecule has 0 radical (unpaired) electrons. The van der Waals surface area contributed by atoms with E-state index in [1.165, 1.54) is 0 Å². The Morgan fingerprint density at radius 3 is 2.60 bits per heavy atom. The summed E-state index contributed by atoms with van der Waals surface area (Å²) in [5.41, 5.74) is 8.72. The Labute approximate surface area is 144 Å². The third kappa shape index (κ3) is 2.95. The Bertz CT molecular complexity index is 780. The van der Waals surface area contributed by atoms with Crippen LogP contribution in [0.3, 0.4) is 0 Å². The van der Waals surface area contributed by atoms with Gasteiger partial charge in [-0.3, -0.25) is 4.90 Å². The first-order valence-corrected chi connectivity index (χ1v) is 8.60. The van der Waals surface area contributed by atoms with Crippen LogP contribution >= 0.6 is 0 Å². The maximum atomic E-state index is 14.1. The number of nitrogens with one attached hydrogen (secondary N) is 1. The highest BCUT2D eigenvalue weighted by Gasteiger charge is 2.36. The van der Waals surface area contributed by atoms with Crippen molar-refractivity contribution in [1.82, 2.24) is 14.9 Å². The number of aromatic nitrogens is 2. The molecule has 4 rings (SSSR count). The van der Waals surface area contributed by atoms with E-state index in [0.29, 0.717) is 24.9 Å². The molecule has 1 saturated carbocycles. The average molecular weight is 350 g/mol. The van der Waals surface area contributed by atoms with Gasteiger partial charge in [0.25, 0.3) is 0 Å². The Morgan fingerprint density at radius 1 is 1.12 bits per heavy atom. The molecule has 2 heterocycles. The van der Waals surface area contributed by atoms with Gasteiger partial charge in [-0.05, 0) is 37.8 Å². The lowest BCUT2D eigenvalue weighted by molar-refractivity contribution is 0.135. The molecular weight excluding hydrogens is 329 g/mol. The molecule has 2 aliphatic rings. The second kappa shape index (κ2) is 6.14. The number of hydrogen-bond acceptors (Lipinski definition) is 3. The fourth-order valence-corrected chi connectivity index (χ4v) is 4.28. The van der Waals surface area contributed by atoms with Crippen LogP contribution in [0, 0.1) is 24.4 Å². The minimum Gasteiger partial charge on any atom is -0.345 e. The van der Waals surface area contributed by atoms with Crippen molar-refractivity contribution in [2.45, 2.75) is 57.3 Å². The highest BCUT2D eigenvalue weighted by atomic mass is 19.2. The zero-order chi connectivity index (χ0) is 17.7. The summed E-state index contributed by atoms with van der Waals surface area (Å²) < 4.78 is 40.7. The van der Waals surface area contributed by atoms with Crippen molar-refractivity contribution in [1.29, 1.82) is 0 Å². The summed E-state index contributed by atoms with van der Waals surface area (Å²) in [6.07, 6.45) is 2.21. The number of H-pyrrole nitrogens is 1. The molecule has 7 heteroatoms. The largest absolute Gasteiger partial charge is 0.345 e. The van der Waals surface area contributed by atoms with Crippen molar-refractivity contribution >= 4 is 0 Å². The predicted molar refractivity (Wildman–Crippen MR) is 87.2 cm³/mol. The molecule has 0 saturated heterocycles. The topological polar surface area (TPSA) is 57.9 Å². The zero-order valence-electron chi connectivity index (χ0n) is 14.0. The van der Waals surface area contributed by atoms with Crippen LogP contribution in [0.2, 0.25) is 0 Å². The lowest BCUT2D eigenvalue weighted by Gasteiger charge is -2.38. The van der Waals surface area contributed by atoms with Gasteiger partial charge in [-0.1, -0.05) is 0 Å². The first kappa shape index (κ1) is 16.6. The standard InChI is InChI=1S/C18H21F3N4/c1-9-23-17-7-25(8-18(17)24-9)10-2-3-11(16(22)4-10)12-5-14(20)15(21)6-13(12)19/h5-6,10-11,16H,2-4,7-8,22H2,1H3,(H,23,24)/t10-,11+,16?/m0/s1. The van der Waals surface area contributed by atoms with E-state index >= 15 is 0 Å². The van der Waals surface area contributed by atoms with Crippen LogP contribution in [0.1, 0.15) is 48.0 Å². The number of aromatic amines is 1. The summed E-state index contributed by atoms with van der Waals surface area (Å²) in [4.78, 5) is 10.1. The van der Waals surface area contributed by atoms with Gasteiger partial charge in [-0.2, -0.15) is 0 Å². The molecular formula is C18H21F3N4. The SMILES string of the molecule is Cc1nc2c([nH]1)CN([C@H]1CC[C@H](c3cc(F)c(F)cc3F)C(N)C1)C2. The van der Waals surface area contributed by atoms with E-state index in [9.17, 15) is 13.2 Å². The van der Waals surface area contributed by atoms with Crippen molar-refractivity contribution in [3.8, 4) is 0 Å². The summed E-state index contributed by atoms with van der Waals surface area (Å²) in [7, 11) is 0. The minimum absolute atomic E-state index is 0.189. The molecule has 0 amide bonds. The van der Waals surface area contributed by atoms with Gasteiger partial charge < -0.3 is 10.7 Å². The molecule has 4 nitrogen and oxygen atoms in total. The smallest absolute Gasteiger partial charge is 0.161 e. The Morgan fingerprint density at radius 2 is 1.88 bits per heavy atom. The number of benzene rings is 1. The second-order valence-electron chi connectivity index (χ2n) is 7.18. The van der Waals surface area contributed by atoms with Crippen LogP contribution in [0.15, 0.2) is 12.1 Å². The summed E-state index contributed by atoms with van der Waals surface area (Å²) in [6.45, 7) is 3.55. The lowest BCUT2D eigenvalue weighted by atomic mass is 9.77. The molecule has 1 unspecified atom stereocenters. The number of hydrogen-bond donors (Lipinski definition) is 2. The molecule has 1 fully saturated rings. The van der Waals surface area contributed by atoms with Crippen molar-refractivity contribution in [3.05, 3.63) is 52.4 Å². The zero-order valence-corrected chi connectivity index (χ0v) is 14.0. The normalized spacial score (nSPS) is 26.8. The van der Waals surface area contributed by atoms with Gasteiger partial charge in [0.05, 0.1) is 11.4 Å². The van der Waals surface area contributed by atoms with Crippen molar-refractivity contribution in [2.24, 2.45) is 5.73 Å². The van der Waals surface area contributed by atoms with Gasteiger partial charge in [0.1, 0.15) is 11.6 Å². The monoisotopic (exact) mass is 350 g/mol. The summed E-state index contributed by atoms with van der Waals surface area (Å²) >= 11 is 0. The first-order valence-electron chi connectivity index (χ1n) is 8.60. The number of aryl methyl sites for hydroxylation is 1. The Kier molecular flexibility index (Phi) is 4.08. The van der Waals surface area contributed by atoms with Gasteiger partial charge in [0, 0.05) is 37.2 Å². The van der Waals surface area contributed by atoms with Crippen LogP contribution in [-0.4, -0.2) is 27.0 Å². The minimum atomic E-state index is -1.16. The molecule has 0 bridgehead atoms. The van der Waals surface area contributed by atoms with E-state index in [1.807, 2.05) is 6.92 Å². The quantitative estimate of drug-likeness (QED) is 0.818. The molecule has 3 N–H and O–H groups in total. The molecule has 134 valence electrons. The van der Waals surface area contributed by atoms with Crippen LogP contribution in [0.5, 0.6) is 0 Å². The molecule has 25 heavy (non-hydrogen) atoms. The summed E-state index contributed by atoms with van der Waals surface area (Å²) in [5.74, 6) is -2.26. The first-order chi connectivity index (χ1) is 11.9. The maximum Gasteiger partial charge on any atom is 0.161 e. The molecule has 3 atom stereocenters. The third-order valence-corrected chi connectivity index (χ3v) is 5.52. The van der Waals surface area contributed by atoms with Gasteiger partial charge in [0.15, 0.2) is 11.6 Å². The molecule has 1 aromatic carbocycles. The predicted octanol–water partition coefficient (Wildman–Crippen LogP) is 3.11. The van der Waals surface area contributed by atoms with E-state index in [2.05, 4.69) is 14.9 Å². The number of nitrogens with two attached hydrogens (primary N) is 1. The van der Waals surface area contributed by atoms with Crippen LogP contribution < -0.4 is 5.73 Å². The molecule has 1 aromatic heterocycles. The van der Waals surface area contributed by atoms with Crippen LogP contribution in [0.4, 0.5) is 13.2 Å². The van der Waals surface area contributed by atoms with Gasteiger partial charge in [-0.15, -0.1) is 0 Å². The number of nitrogens with zero attached hydrogens (tertiary/aromatic N) is 2. The summed E-state index contributed by atoms with van der Waals surface area (Å²) in [5, 5.41) is 0. The number of rotatable bonds is 2. The highest BCUT2D eigenvalue weighted by Crippen LogP contribution is 2.38. The van der Waals surface area contributed by atoms with Crippen molar-refractivity contribution < 1.29 is 13.2 Å². The fraction of sp³-hybridized carbons (Fsp3) is 0.500. The van der Waals surface area contributed by atoms with Crippen LogP contribution in [-0.2, 0) is 13.1 Å². The molecule has 0 spiro atoms. The Hall–Kier alpha value is -1.86. The van der Waals surface area contributed by atoms with E-state index in [0.717, 1.165) is 42.8 Å². The van der Waals surface area contributed by atoms with Gasteiger partial charge in [-0.25, -0.2) is 18.2 Å². The second-order valence-corrected chi connectivity index (χ2v) is 7.18. The van der Waals surface area contributed by atoms with Crippen LogP contribution in [0.25, 0.3) is 0 Å². The molecule has 1 aliphatic heterocycles. The van der Waals surface area contributed by atoms with Gasteiger partial charge >= 0.3 is 0 Å². The number of imidazole rings is 1. The lowest BCUT2D eigenvalue weighted by Crippen LogP contribution is -2.44. The Balaban J connectivity index is 1.46.